The van der Waals surface area contributed by atoms with Crippen LogP contribution in [-0.2, 0) is 146 Å². The van der Waals surface area contributed by atoms with Crippen LogP contribution in [0.3, 0.4) is 0 Å². The van der Waals surface area contributed by atoms with Crippen molar-refractivity contribution in [3.63, 3.8) is 0 Å². The number of nitrogens with zero attached hydrogens (tertiary/aromatic N) is 20. The highest BCUT2D eigenvalue weighted by molar-refractivity contribution is 8.44. The Morgan fingerprint density at radius 1 is 0.383 bits per heavy atom. The van der Waals surface area contributed by atoms with Crippen molar-refractivity contribution in [3.05, 3.63) is 93.9 Å². The highest BCUT2D eigenvalue weighted by Gasteiger charge is 2.57. The van der Waals surface area contributed by atoms with Crippen molar-refractivity contribution in [2.24, 2.45) is 0 Å². The van der Waals surface area contributed by atoms with E-state index in [1.54, 1.807) is 16.8 Å². The molecular weight excluding hydrogens is 2020 g/mol. The predicted octanol–water partition coefficient (Wildman–Crippen LogP) is -1.86. The van der Waals surface area contributed by atoms with Gasteiger partial charge in [-0.25, -0.2) is 63.8 Å². The van der Waals surface area contributed by atoms with Crippen LogP contribution in [0.4, 0.5) is 39.7 Å². The summed E-state index contributed by atoms with van der Waals surface area (Å²) in [7, 11) is 0. The number of hydrogen-bond donors (Lipinski definition) is 18. The van der Waals surface area contributed by atoms with Gasteiger partial charge in [-0.1, -0.05) is 12.2 Å². The van der Waals surface area contributed by atoms with Gasteiger partial charge in [0.05, 0.1) is 88.9 Å². The van der Waals surface area contributed by atoms with E-state index < -0.39 is 219 Å². The normalized spacial score (nSPS) is 36.9. The topological polar surface area (TPSA) is 810 Å². The lowest BCUT2D eigenvalue weighted by Gasteiger charge is -2.27. The van der Waals surface area contributed by atoms with Crippen molar-refractivity contribution >= 4 is 214 Å². The summed E-state index contributed by atoms with van der Waals surface area (Å²) in [4.78, 5) is 156. The summed E-state index contributed by atoms with van der Waals surface area (Å²) in [6.07, 6.45) is -15.7. The SMILES string of the molecule is Nc1nc2c(ncn2[C@@H]2OC3COP(O)(=S)O[C@H]4[C@@H](O)[C@H](n5ccc6c(N)ncnc65)O[C@@H]4COP(=O)(S)O[C@@H]2C3)c(=O)[nH]1.Nc1nc2c(ncn2[C@@H]2O[C@@H]3COP(O)(=S)O[C@@H]4C(F)[C@H](n5cnc6c(N)ncnc65)O[C@@H]4COP(O)(=S)OC2[C@H]3O)c(=O)[nH]1.Nc1nc2c(ncn2[C@@H]2O[C@@H]3COP(O)(=S)O[C@@H]4C[C@H](n5cnc6c(N)ncnc65)O[C@@H]4COP(O)(=S)OC2[C@H]3O)c(=O)[nH]1. The third kappa shape index (κ3) is 18.8. The summed E-state index contributed by atoms with van der Waals surface area (Å²) >= 11 is 30.4. The Labute approximate surface area is 768 Å². The van der Waals surface area contributed by atoms with Crippen LogP contribution < -0.4 is 51.1 Å². The van der Waals surface area contributed by atoms with Gasteiger partial charge in [0.2, 0.25) is 17.8 Å². The minimum Gasteiger partial charge on any atom is -0.387 e. The van der Waals surface area contributed by atoms with Crippen molar-refractivity contribution in [1.29, 1.82) is 0 Å². The zero-order chi connectivity index (χ0) is 93.8. The van der Waals surface area contributed by atoms with E-state index in [1.807, 2.05) is 0 Å². The van der Waals surface area contributed by atoms with E-state index in [0.29, 0.717) is 22.2 Å². The van der Waals surface area contributed by atoms with Crippen LogP contribution in [-0.4, -0.2) is 289 Å². The van der Waals surface area contributed by atoms with Crippen molar-refractivity contribution in [3.8, 4) is 0 Å². The number of aromatic amines is 3. The number of aromatic nitrogens is 23. The third-order valence-corrected chi connectivity index (χ3v) is 31.3. The van der Waals surface area contributed by atoms with Crippen molar-refractivity contribution in [2.45, 2.75) is 148 Å². The second-order valence-corrected chi connectivity index (χ2v) is 47.1. The van der Waals surface area contributed by atoms with Crippen LogP contribution in [0.25, 0.3) is 66.9 Å². The first-order valence-electron chi connectivity index (χ1n) is 38.8. The third-order valence-electron chi connectivity index (χ3n) is 21.9. The van der Waals surface area contributed by atoms with E-state index in [4.69, 9.17) is 176 Å². The summed E-state index contributed by atoms with van der Waals surface area (Å²) in [5.74, 6) is -0.118. The van der Waals surface area contributed by atoms with Crippen molar-refractivity contribution in [1.82, 2.24) is 112 Å². The Hall–Kier alpha value is -7.71. The maximum absolute atomic E-state index is 16.0. The molecule has 12 aromatic heterocycles. The van der Waals surface area contributed by atoms with E-state index in [-0.39, 0.29) is 106 Å². The molecule has 23 N–H and O–H groups in total. The van der Waals surface area contributed by atoms with Gasteiger partial charge < -0.3 is 134 Å². The average molecular weight is 2090 g/mol. The lowest BCUT2D eigenvalue weighted by Crippen LogP contribution is -2.36. The highest BCUT2D eigenvalue weighted by Crippen LogP contribution is 2.61. The van der Waals surface area contributed by atoms with Gasteiger partial charge in [-0.05, 0) is 65.1 Å². The van der Waals surface area contributed by atoms with Gasteiger partial charge in [0.15, 0.2) is 93.7 Å². The molecule has 6 bridgehead atoms. The summed E-state index contributed by atoms with van der Waals surface area (Å²) in [6, 6.07) is 1.65. The fourth-order valence-electron chi connectivity index (χ4n) is 16.0. The molecule has 21 heterocycles. The summed E-state index contributed by atoms with van der Waals surface area (Å²) in [5.41, 5.74) is 34.4. The first-order valence-corrected chi connectivity index (χ1v) is 54.4. The zero-order valence-corrected chi connectivity index (χ0v) is 77.0. The standard InChI is InChI=1S/C21H25N9O10P2S2.C20H23FN10O10P2S2.C20H24N10O10P2S2/c22-15-9-1-2-29(16(9)25-6-24-15)20-13(31)14-11(38-20)5-36-41(33,43)39-10-3-8(4-35-42(34,44)40-14)37-19(10)30-7-26-12-17(30)27-21(23)28-18(12)32;21-8-12-7(39-18(8)30-4-26-9-14(22)24-3-25-15(9)30)2-37-43(35,45)41-13-11(32)6(1-36-42(34,44)40-12)38-19(13)31-5-27-10-16(31)28-20(23)29-17(10)33;21-15-11-16(24-4-23-15)29(5-25-11)10-1-7-8(37-10)2-35-42(34,44)40-14-13(31)9(3-36-41(33,43)39-7)38-19(14)30-6-26-12-17(30)27-20(22)28-18(12)32/h1-2,6-8,10-11,13-14,19-20,31H,3-5H2,(H,33,43)(H,34,44)(H2,22,24,25)(H3,23,27,28,32);3-8,11-13,18-19,32H,1-2H2,(H,34,44)(H,35,45)(H2,22,24,25)(H3,23,28,29,33);4-10,13-14,19,31H,1-3H2,(H,33,43)(H,34,44)(H2,21,23,24)(H3,22,27,28,32)/t8?,10-,11-,13-,14-,19-,20-,41?,42?;6-,7-,8?,11+,12+,13?,18-,19-,42?,43?;7-,8-,9-,10-,13+,14?,19-,41?,42?/m111/s1. The lowest BCUT2D eigenvalue weighted by atomic mass is 10.1. The molecule has 28 atom stereocenters. The molecule has 0 amide bonds. The first-order chi connectivity index (χ1) is 63.1. The average Bonchev–Trinajstić information content (AvgIpc) is 1.53. The first kappa shape index (κ1) is 94.3. The molecule has 133 heavy (non-hydrogen) atoms. The Kier molecular flexibility index (Phi) is 25.7. The number of aliphatic hydroxyl groups is 3. The van der Waals surface area contributed by atoms with E-state index in [1.165, 1.54) is 73.5 Å². The van der Waals surface area contributed by atoms with E-state index in [0.717, 1.165) is 0 Å². The number of nitrogens with one attached hydrogen (secondary N) is 3. The number of fused-ring (bicyclic) bond motifs is 15. The van der Waals surface area contributed by atoms with Crippen LogP contribution in [0.1, 0.15) is 50.2 Å². The van der Waals surface area contributed by atoms with Crippen LogP contribution in [0.2, 0.25) is 0 Å². The number of thiol groups is 1. The van der Waals surface area contributed by atoms with E-state index >= 15 is 4.39 Å². The molecule has 0 radical (unpaired) electrons. The molecule has 72 heteroatoms. The molecule has 59 nitrogen and oxygen atoms in total. The predicted molar refractivity (Wildman–Crippen MR) is 469 cm³/mol. The molecule has 9 saturated heterocycles. The number of halogens is 1. The number of rotatable bonds is 6. The van der Waals surface area contributed by atoms with Crippen molar-refractivity contribution < 1.29 is 131 Å². The highest BCUT2D eigenvalue weighted by atomic mass is 32.7. The second-order valence-electron chi connectivity index (χ2n) is 30.3. The smallest absolute Gasteiger partial charge is 0.386 e. The molecule has 0 aromatic carbocycles. The number of alkyl halides is 1. The molecule has 10 unspecified atom stereocenters. The van der Waals surface area contributed by atoms with Gasteiger partial charge in [-0.2, -0.15) is 15.0 Å². The number of hydrogen-bond acceptors (Lipinski definition) is 50. The van der Waals surface area contributed by atoms with Crippen LogP contribution in [0.15, 0.2) is 77.3 Å². The largest absolute Gasteiger partial charge is 0.387 e. The molecule has 9 aliphatic rings. The number of imidazole rings is 5. The number of nitrogen functional groups attached to an aromatic ring is 6. The molecular formula is C61H72FN29O30P6S6. The number of H-pyrrole nitrogens is 3. The molecule has 0 saturated carbocycles. The number of aliphatic hydroxyl groups excluding tert-OH is 3. The minimum atomic E-state index is -4.27. The lowest BCUT2D eigenvalue weighted by molar-refractivity contribution is -0.0602. The summed E-state index contributed by atoms with van der Waals surface area (Å²) in [6.45, 7) is -27.6. The Morgan fingerprint density at radius 2 is 0.782 bits per heavy atom. The van der Waals surface area contributed by atoms with E-state index in [2.05, 4.69) is 97.0 Å². The maximum atomic E-state index is 16.0. The van der Waals surface area contributed by atoms with Gasteiger partial charge in [-0.3, -0.25) is 79.3 Å². The number of ether oxygens (including phenoxy) is 6. The van der Waals surface area contributed by atoms with Gasteiger partial charge in [0.25, 0.3) is 16.7 Å². The Morgan fingerprint density at radius 3 is 1.31 bits per heavy atom. The van der Waals surface area contributed by atoms with Crippen LogP contribution >= 0.6 is 52.6 Å². The number of nitrogens with two attached hydrogens (primary N) is 6. The quantitative estimate of drug-likeness (QED) is 0.0641. The maximum Gasteiger partial charge on any atom is 0.386 e. The second kappa shape index (κ2) is 36.3. The fourth-order valence-corrected chi connectivity index (χ4v) is 24.6. The van der Waals surface area contributed by atoms with Gasteiger partial charge in [0.1, 0.15) is 127 Å². The van der Waals surface area contributed by atoms with Crippen LogP contribution in [0.5, 0.6) is 0 Å². The molecule has 12 aromatic rings. The molecule has 714 valence electrons. The van der Waals surface area contributed by atoms with E-state index in [9.17, 15) is 58.7 Å². The Balaban J connectivity index is 0.000000129. The van der Waals surface area contributed by atoms with Crippen molar-refractivity contribution in [2.75, 3.05) is 74.0 Å². The number of anilines is 6. The molecule has 0 spiro atoms. The van der Waals surface area contributed by atoms with Gasteiger partial charge in [0, 0.05) is 19.0 Å². The molecule has 0 aliphatic carbocycles. The Bertz CT molecular complexity index is 7050. The summed E-state index contributed by atoms with van der Waals surface area (Å²) in [5, 5.41) is 34.1. The molecule has 21 rings (SSSR count). The van der Waals surface area contributed by atoms with Gasteiger partial charge in [-0.15, -0.1) is 0 Å². The molecule has 9 fully saturated rings. The molecule has 9 aliphatic heterocycles. The monoisotopic (exact) mass is 2090 g/mol. The van der Waals surface area contributed by atoms with Crippen LogP contribution in [0, 0.1) is 0 Å². The summed E-state index contributed by atoms with van der Waals surface area (Å²) < 4.78 is 142. The van der Waals surface area contributed by atoms with Gasteiger partial charge >= 0.3 is 40.4 Å². The minimum absolute atomic E-state index is 0.00907. The fraction of sp³-hybridized carbons (Fsp3) is 0.492. The zero-order valence-electron chi connectivity index (χ0n) is 66.6.